The van der Waals surface area contributed by atoms with Crippen molar-refractivity contribution in [3.05, 3.63) is 76.9 Å². The summed E-state index contributed by atoms with van der Waals surface area (Å²) in [7, 11) is 0. The van der Waals surface area contributed by atoms with Crippen LogP contribution in [0.3, 0.4) is 0 Å². The molecule has 6 nitrogen and oxygen atoms in total. The fourth-order valence-corrected chi connectivity index (χ4v) is 5.19. The molecule has 0 spiro atoms. The SMILES string of the molecule is Cc1ccc(C(=O)COC(=O)c2ccccc2N2C(=O)C3C4C=CC(C4)C3C2=O)cc1C. The van der Waals surface area contributed by atoms with Gasteiger partial charge in [-0.3, -0.25) is 14.4 Å². The number of carbonyl (C=O) groups excluding carboxylic acids is 4. The van der Waals surface area contributed by atoms with Gasteiger partial charge in [0.25, 0.3) is 0 Å². The standard InChI is InChI=1S/C26H23NO5/c1-14-7-8-16(11-15(14)2)21(28)13-32-26(31)19-5-3-4-6-20(19)27-24(29)22-17-9-10-18(12-17)23(22)25(27)30/h3-11,17-18,22-23H,12-13H2,1-2H3. The predicted octanol–water partition coefficient (Wildman–Crippen LogP) is 3.65. The van der Waals surface area contributed by atoms with E-state index >= 15 is 0 Å². The van der Waals surface area contributed by atoms with Crippen LogP contribution in [0.5, 0.6) is 0 Å². The third-order valence-corrected chi connectivity index (χ3v) is 7.00. The number of amides is 2. The lowest BCUT2D eigenvalue weighted by Gasteiger charge is -2.20. The molecule has 3 aliphatic rings. The number of imide groups is 1. The average Bonchev–Trinajstić information content (AvgIpc) is 3.47. The molecule has 162 valence electrons. The second-order valence-electron chi connectivity index (χ2n) is 8.83. The van der Waals surface area contributed by atoms with Crippen LogP contribution in [0.2, 0.25) is 0 Å². The summed E-state index contributed by atoms with van der Waals surface area (Å²) in [4.78, 5) is 52.8. The summed E-state index contributed by atoms with van der Waals surface area (Å²) in [6.07, 6.45) is 4.89. The lowest BCUT2D eigenvalue weighted by Crippen LogP contribution is -2.34. The number of Topliss-reactive ketones (excluding diaryl/α,β-unsaturated/α-hetero) is 1. The van der Waals surface area contributed by atoms with Gasteiger partial charge in [0.1, 0.15) is 0 Å². The highest BCUT2D eigenvalue weighted by Crippen LogP contribution is 2.53. The van der Waals surface area contributed by atoms with Crippen molar-refractivity contribution in [2.24, 2.45) is 23.7 Å². The Labute approximate surface area is 185 Å². The first-order chi connectivity index (χ1) is 15.4. The number of anilines is 1. The Balaban J connectivity index is 1.35. The quantitative estimate of drug-likeness (QED) is 0.314. The summed E-state index contributed by atoms with van der Waals surface area (Å²) in [5, 5.41) is 0. The van der Waals surface area contributed by atoms with Gasteiger partial charge in [0.05, 0.1) is 23.1 Å². The summed E-state index contributed by atoms with van der Waals surface area (Å²) in [6, 6.07) is 11.7. The average molecular weight is 429 g/mol. The normalized spacial score (nSPS) is 25.4. The number of nitrogens with zero attached hydrogens (tertiary/aromatic N) is 1. The van der Waals surface area contributed by atoms with Gasteiger partial charge in [0.2, 0.25) is 11.8 Å². The van der Waals surface area contributed by atoms with E-state index in [1.54, 1.807) is 30.3 Å². The van der Waals surface area contributed by atoms with Crippen LogP contribution in [-0.4, -0.2) is 30.2 Å². The van der Waals surface area contributed by atoms with E-state index in [2.05, 4.69) is 0 Å². The third kappa shape index (κ3) is 3.09. The van der Waals surface area contributed by atoms with Gasteiger partial charge in [-0.25, -0.2) is 9.69 Å². The van der Waals surface area contributed by atoms with Crippen LogP contribution in [0, 0.1) is 37.5 Å². The molecule has 2 amide bonds. The molecule has 2 bridgehead atoms. The minimum Gasteiger partial charge on any atom is -0.454 e. The molecular formula is C26H23NO5. The van der Waals surface area contributed by atoms with Crippen molar-refractivity contribution in [1.82, 2.24) is 0 Å². The molecule has 2 aromatic carbocycles. The molecule has 1 aliphatic heterocycles. The smallest absolute Gasteiger partial charge is 0.340 e. The maximum atomic E-state index is 13.1. The first-order valence-corrected chi connectivity index (χ1v) is 10.8. The molecule has 2 aliphatic carbocycles. The molecule has 1 heterocycles. The van der Waals surface area contributed by atoms with Crippen molar-refractivity contribution in [3.8, 4) is 0 Å². The number of hydrogen-bond acceptors (Lipinski definition) is 5. The Morgan fingerprint density at radius 2 is 1.59 bits per heavy atom. The minimum absolute atomic E-state index is 0.0844. The second kappa shape index (κ2) is 7.55. The lowest BCUT2D eigenvalue weighted by atomic mass is 9.85. The van der Waals surface area contributed by atoms with Gasteiger partial charge in [0, 0.05) is 5.56 Å². The van der Waals surface area contributed by atoms with Crippen molar-refractivity contribution in [2.75, 3.05) is 11.5 Å². The summed E-state index contributed by atoms with van der Waals surface area (Å²) in [6.45, 7) is 3.45. The van der Waals surface area contributed by atoms with Crippen LogP contribution in [0.15, 0.2) is 54.6 Å². The number of hydrogen-bond donors (Lipinski definition) is 0. The molecule has 32 heavy (non-hydrogen) atoms. The summed E-state index contributed by atoms with van der Waals surface area (Å²) >= 11 is 0. The molecular weight excluding hydrogens is 406 g/mol. The molecule has 1 saturated carbocycles. The van der Waals surface area contributed by atoms with Gasteiger partial charge < -0.3 is 4.74 Å². The zero-order valence-corrected chi connectivity index (χ0v) is 17.9. The Hall–Kier alpha value is -3.54. The third-order valence-electron chi connectivity index (χ3n) is 7.00. The number of ether oxygens (including phenoxy) is 1. The predicted molar refractivity (Wildman–Crippen MR) is 117 cm³/mol. The maximum Gasteiger partial charge on any atom is 0.340 e. The van der Waals surface area contributed by atoms with Crippen LogP contribution < -0.4 is 4.90 Å². The number of aryl methyl sites for hydroxylation is 2. The molecule has 0 radical (unpaired) electrons. The van der Waals surface area contributed by atoms with Crippen molar-refractivity contribution < 1.29 is 23.9 Å². The number of ketones is 1. The molecule has 6 heteroatoms. The van der Waals surface area contributed by atoms with E-state index in [0.29, 0.717) is 5.56 Å². The van der Waals surface area contributed by atoms with Gasteiger partial charge >= 0.3 is 5.97 Å². The van der Waals surface area contributed by atoms with E-state index in [1.807, 2.05) is 32.1 Å². The largest absolute Gasteiger partial charge is 0.454 e. The first-order valence-electron chi connectivity index (χ1n) is 10.8. The number of fused-ring (bicyclic) bond motifs is 5. The van der Waals surface area contributed by atoms with Crippen LogP contribution in [0.4, 0.5) is 5.69 Å². The lowest BCUT2D eigenvalue weighted by molar-refractivity contribution is -0.123. The second-order valence-corrected chi connectivity index (χ2v) is 8.83. The van der Waals surface area contributed by atoms with Gasteiger partial charge in [0.15, 0.2) is 12.4 Å². The zero-order chi connectivity index (χ0) is 22.6. The van der Waals surface area contributed by atoms with Gasteiger partial charge in [-0.2, -0.15) is 0 Å². The fourth-order valence-electron chi connectivity index (χ4n) is 5.19. The highest BCUT2D eigenvalue weighted by atomic mass is 16.5. The van der Waals surface area contributed by atoms with Crippen molar-refractivity contribution in [1.29, 1.82) is 0 Å². The van der Waals surface area contributed by atoms with Crippen LogP contribution in [0.1, 0.15) is 38.3 Å². The zero-order valence-electron chi connectivity index (χ0n) is 17.9. The van der Waals surface area contributed by atoms with Crippen LogP contribution in [0.25, 0.3) is 0 Å². The Bertz CT molecular complexity index is 1170. The van der Waals surface area contributed by atoms with Crippen molar-refractivity contribution in [3.63, 3.8) is 0 Å². The Morgan fingerprint density at radius 1 is 0.938 bits per heavy atom. The summed E-state index contributed by atoms with van der Waals surface area (Å²) in [5.41, 5.74) is 2.84. The van der Waals surface area contributed by atoms with E-state index in [4.69, 9.17) is 4.74 Å². The number of esters is 1. The van der Waals surface area contributed by atoms with Crippen molar-refractivity contribution >= 4 is 29.3 Å². The number of allylic oxidation sites excluding steroid dienone is 2. The first kappa shape index (κ1) is 20.4. The molecule has 2 aromatic rings. The highest BCUT2D eigenvalue weighted by molar-refractivity contribution is 6.24. The van der Waals surface area contributed by atoms with E-state index < -0.39 is 12.6 Å². The van der Waals surface area contributed by atoms with E-state index in [1.165, 1.54) is 6.07 Å². The number of rotatable bonds is 5. The molecule has 4 unspecified atom stereocenters. The van der Waals surface area contributed by atoms with E-state index in [9.17, 15) is 19.2 Å². The Kier molecular flexibility index (Phi) is 4.81. The van der Waals surface area contributed by atoms with Gasteiger partial charge in [-0.05, 0) is 61.4 Å². The van der Waals surface area contributed by atoms with Crippen molar-refractivity contribution in [2.45, 2.75) is 20.3 Å². The number of benzene rings is 2. The maximum absolute atomic E-state index is 13.1. The number of carbonyl (C=O) groups is 4. The minimum atomic E-state index is -0.739. The summed E-state index contributed by atoms with van der Waals surface area (Å²) in [5.74, 6) is -2.12. The van der Waals surface area contributed by atoms with Gasteiger partial charge in [-0.1, -0.05) is 36.4 Å². The molecule has 2 fully saturated rings. The molecule has 1 saturated heterocycles. The monoisotopic (exact) mass is 429 g/mol. The highest BCUT2D eigenvalue weighted by Gasteiger charge is 2.59. The Morgan fingerprint density at radius 3 is 2.25 bits per heavy atom. The topological polar surface area (TPSA) is 80.8 Å². The van der Waals surface area contributed by atoms with E-state index in [-0.39, 0.29) is 52.5 Å². The van der Waals surface area contributed by atoms with Crippen LogP contribution in [-0.2, 0) is 14.3 Å². The van der Waals surface area contributed by atoms with Gasteiger partial charge in [-0.15, -0.1) is 0 Å². The molecule has 0 aromatic heterocycles. The summed E-state index contributed by atoms with van der Waals surface area (Å²) < 4.78 is 5.28. The fraction of sp³-hybridized carbons (Fsp3) is 0.308. The molecule has 0 N–H and O–H groups in total. The van der Waals surface area contributed by atoms with Crippen LogP contribution >= 0.6 is 0 Å². The molecule has 4 atom stereocenters. The molecule has 5 rings (SSSR count). The number of para-hydroxylation sites is 1. The van der Waals surface area contributed by atoms with E-state index in [0.717, 1.165) is 22.4 Å².